The maximum atomic E-state index is 5.92. The van der Waals surface area contributed by atoms with E-state index in [1.807, 2.05) is 72.8 Å². The standard InChI is InChI=1S/C22H21N5O2.ClH/c1-28-21-13-6-5-9-18(21)16-23-15-17-8-7-12-20(14-17)29-22-24-25-26-27(22)19-10-3-2-4-11-19;/h2-14,23H,15-16H2,1H3;1H. The molecule has 154 valence electrons. The quantitative estimate of drug-likeness (QED) is 0.458. The summed E-state index contributed by atoms with van der Waals surface area (Å²) >= 11 is 0. The number of benzene rings is 3. The SMILES string of the molecule is COc1ccccc1CNCc1cccc(Oc2nnnn2-c2ccccc2)c1.Cl. The Morgan fingerprint density at radius 2 is 1.70 bits per heavy atom. The third-order valence-electron chi connectivity index (χ3n) is 4.39. The average Bonchev–Trinajstić information content (AvgIpc) is 3.23. The Hall–Kier alpha value is -3.42. The van der Waals surface area contributed by atoms with Gasteiger partial charge in [0.15, 0.2) is 0 Å². The van der Waals surface area contributed by atoms with Gasteiger partial charge in [-0.1, -0.05) is 53.6 Å². The molecule has 0 amide bonds. The van der Waals surface area contributed by atoms with Crippen LogP contribution >= 0.6 is 12.4 Å². The van der Waals surface area contributed by atoms with Gasteiger partial charge in [0, 0.05) is 18.7 Å². The van der Waals surface area contributed by atoms with Gasteiger partial charge in [-0.3, -0.25) is 0 Å². The third-order valence-corrected chi connectivity index (χ3v) is 4.39. The molecule has 0 spiro atoms. The van der Waals surface area contributed by atoms with Crippen LogP contribution in [0.5, 0.6) is 17.5 Å². The van der Waals surface area contributed by atoms with Gasteiger partial charge in [-0.15, -0.1) is 12.4 Å². The van der Waals surface area contributed by atoms with Crippen molar-refractivity contribution in [3.8, 4) is 23.2 Å². The van der Waals surface area contributed by atoms with Gasteiger partial charge in [0.2, 0.25) is 0 Å². The first-order valence-electron chi connectivity index (χ1n) is 9.27. The molecule has 0 unspecified atom stereocenters. The highest BCUT2D eigenvalue weighted by atomic mass is 35.5. The molecule has 3 aromatic carbocycles. The Labute approximate surface area is 181 Å². The lowest BCUT2D eigenvalue weighted by Gasteiger charge is -2.10. The van der Waals surface area contributed by atoms with Crippen molar-refractivity contribution in [1.82, 2.24) is 25.5 Å². The summed E-state index contributed by atoms with van der Waals surface area (Å²) in [5, 5.41) is 15.2. The molecular weight excluding hydrogens is 402 g/mol. The van der Waals surface area contributed by atoms with E-state index >= 15 is 0 Å². The monoisotopic (exact) mass is 423 g/mol. The predicted octanol–water partition coefficient (Wildman–Crippen LogP) is 4.17. The first-order valence-corrected chi connectivity index (χ1v) is 9.27. The molecule has 1 heterocycles. The number of rotatable bonds is 8. The molecule has 1 aromatic heterocycles. The number of halogens is 1. The van der Waals surface area contributed by atoms with Crippen LogP contribution in [0.25, 0.3) is 5.69 Å². The second-order valence-electron chi connectivity index (χ2n) is 6.37. The lowest BCUT2D eigenvalue weighted by Crippen LogP contribution is -2.13. The van der Waals surface area contributed by atoms with Crippen molar-refractivity contribution in [3.63, 3.8) is 0 Å². The van der Waals surface area contributed by atoms with Crippen molar-refractivity contribution in [2.45, 2.75) is 13.1 Å². The van der Waals surface area contributed by atoms with Crippen LogP contribution in [0.1, 0.15) is 11.1 Å². The maximum absolute atomic E-state index is 5.92. The molecule has 0 aliphatic carbocycles. The maximum Gasteiger partial charge on any atom is 0.345 e. The molecule has 1 N–H and O–H groups in total. The van der Waals surface area contributed by atoms with Crippen molar-refractivity contribution < 1.29 is 9.47 Å². The van der Waals surface area contributed by atoms with Gasteiger partial charge in [-0.25, -0.2) is 0 Å². The summed E-state index contributed by atoms with van der Waals surface area (Å²) in [6, 6.07) is 25.8. The van der Waals surface area contributed by atoms with Crippen LogP contribution in [0.2, 0.25) is 0 Å². The van der Waals surface area contributed by atoms with Gasteiger partial charge in [0.05, 0.1) is 12.8 Å². The number of methoxy groups -OCH3 is 1. The van der Waals surface area contributed by atoms with E-state index in [1.54, 1.807) is 11.8 Å². The Balaban J connectivity index is 0.00000256. The molecule has 0 radical (unpaired) electrons. The Morgan fingerprint density at radius 1 is 0.900 bits per heavy atom. The molecule has 0 saturated heterocycles. The van der Waals surface area contributed by atoms with Crippen LogP contribution in [-0.2, 0) is 13.1 Å². The fraction of sp³-hybridized carbons (Fsp3) is 0.136. The first kappa shape index (κ1) is 21.3. The molecule has 4 aromatic rings. The Kier molecular flexibility index (Phi) is 7.37. The number of aromatic nitrogens is 4. The van der Waals surface area contributed by atoms with Crippen LogP contribution in [0.15, 0.2) is 78.9 Å². The van der Waals surface area contributed by atoms with E-state index in [4.69, 9.17) is 9.47 Å². The molecule has 30 heavy (non-hydrogen) atoms. The summed E-state index contributed by atoms with van der Waals surface area (Å²) < 4.78 is 12.9. The number of nitrogens with one attached hydrogen (secondary N) is 1. The van der Waals surface area contributed by atoms with Crippen LogP contribution in [0.3, 0.4) is 0 Å². The molecule has 0 aliphatic heterocycles. The average molecular weight is 424 g/mol. The summed E-state index contributed by atoms with van der Waals surface area (Å²) in [6.07, 6.45) is 0. The summed E-state index contributed by atoms with van der Waals surface area (Å²) in [6.45, 7) is 1.40. The van der Waals surface area contributed by atoms with Crippen molar-refractivity contribution in [2.24, 2.45) is 0 Å². The molecule has 0 saturated carbocycles. The van der Waals surface area contributed by atoms with Crippen molar-refractivity contribution >= 4 is 12.4 Å². The Bertz CT molecular complexity index is 1070. The minimum Gasteiger partial charge on any atom is -0.496 e. The lowest BCUT2D eigenvalue weighted by molar-refractivity contribution is 0.407. The zero-order chi connectivity index (χ0) is 19.9. The molecule has 7 nitrogen and oxygen atoms in total. The number of hydrogen-bond donors (Lipinski definition) is 1. The molecule has 0 fully saturated rings. The van der Waals surface area contributed by atoms with Crippen LogP contribution in [0.4, 0.5) is 0 Å². The van der Waals surface area contributed by atoms with Gasteiger partial charge in [-0.05, 0) is 46.3 Å². The second-order valence-corrected chi connectivity index (χ2v) is 6.37. The fourth-order valence-corrected chi connectivity index (χ4v) is 2.99. The normalized spacial score (nSPS) is 10.3. The molecule has 0 aliphatic rings. The summed E-state index contributed by atoms with van der Waals surface area (Å²) in [5.74, 6) is 1.55. The molecule has 8 heteroatoms. The molecule has 0 bridgehead atoms. The van der Waals surface area contributed by atoms with Crippen molar-refractivity contribution in [1.29, 1.82) is 0 Å². The van der Waals surface area contributed by atoms with E-state index in [2.05, 4.69) is 26.9 Å². The minimum absolute atomic E-state index is 0. The fourth-order valence-electron chi connectivity index (χ4n) is 2.99. The van der Waals surface area contributed by atoms with Gasteiger partial charge >= 0.3 is 6.01 Å². The topological polar surface area (TPSA) is 74.1 Å². The highest BCUT2D eigenvalue weighted by Crippen LogP contribution is 2.22. The summed E-state index contributed by atoms with van der Waals surface area (Å²) in [4.78, 5) is 0. The van der Waals surface area contributed by atoms with Gasteiger partial charge in [0.1, 0.15) is 11.5 Å². The predicted molar refractivity (Wildman–Crippen MR) is 116 cm³/mol. The highest BCUT2D eigenvalue weighted by Gasteiger charge is 2.10. The van der Waals surface area contributed by atoms with E-state index in [-0.39, 0.29) is 12.4 Å². The molecule has 0 atom stereocenters. The number of tetrazole rings is 1. The zero-order valence-corrected chi connectivity index (χ0v) is 17.2. The minimum atomic E-state index is 0. The third kappa shape index (κ3) is 5.14. The molecular formula is C22H22ClN5O2. The lowest BCUT2D eigenvalue weighted by atomic mass is 10.2. The van der Waals surface area contributed by atoms with Crippen molar-refractivity contribution in [2.75, 3.05) is 7.11 Å². The van der Waals surface area contributed by atoms with E-state index in [0.29, 0.717) is 24.8 Å². The second kappa shape index (κ2) is 10.4. The van der Waals surface area contributed by atoms with Gasteiger partial charge in [0.25, 0.3) is 0 Å². The zero-order valence-electron chi connectivity index (χ0n) is 16.4. The van der Waals surface area contributed by atoms with Crippen LogP contribution in [0, 0.1) is 0 Å². The van der Waals surface area contributed by atoms with Gasteiger partial charge in [-0.2, -0.15) is 4.68 Å². The molecule has 4 rings (SSSR count). The summed E-state index contributed by atoms with van der Waals surface area (Å²) in [7, 11) is 1.68. The van der Waals surface area contributed by atoms with Crippen molar-refractivity contribution in [3.05, 3.63) is 90.0 Å². The largest absolute Gasteiger partial charge is 0.496 e. The number of ether oxygens (including phenoxy) is 2. The van der Waals surface area contributed by atoms with E-state index < -0.39 is 0 Å². The Morgan fingerprint density at radius 3 is 2.53 bits per heavy atom. The van der Waals surface area contributed by atoms with E-state index in [1.165, 1.54) is 0 Å². The smallest absolute Gasteiger partial charge is 0.345 e. The van der Waals surface area contributed by atoms with Gasteiger partial charge < -0.3 is 14.8 Å². The summed E-state index contributed by atoms with van der Waals surface area (Å²) in [5.41, 5.74) is 3.04. The number of para-hydroxylation sites is 2. The van der Waals surface area contributed by atoms with Crippen LogP contribution < -0.4 is 14.8 Å². The number of hydrogen-bond acceptors (Lipinski definition) is 6. The van der Waals surface area contributed by atoms with E-state index in [0.717, 1.165) is 22.6 Å². The highest BCUT2D eigenvalue weighted by molar-refractivity contribution is 5.85. The number of nitrogens with zero attached hydrogens (tertiary/aromatic N) is 4. The van der Waals surface area contributed by atoms with Crippen LogP contribution in [-0.4, -0.2) is 27.3 Å². The first-order chi connectivity index (χ1) is 14.3. The van der Waals surface area contributed by atoms with E-state index in [9.17, 15) is 0 Å².